The van der Waals surface area contributed by atoms with Gasteiger partial charge in [-0.05, 0) is 47.0 Å². The van der Waals surface area contributed by atoms with Crippen LogP contribution >= 0.6 is 27.3 Å². The van der Waals surface area contributed by atoms with E-state index in [0.717, 1.165) is 17.8 Å². The average molecular weight is 372 g/mol. The van der Waals surface area contributed by atoms with Gasteiger partial charge in [0.15, 0.2) is 0 Å². The van der Waals surface area contributed by atoms with Crippen LogP contribution in [0.15, 0.2) is 22.7 Å². The highest BCUT2D eigenvalue weighted by Crippen LogP contribution is 2.28. The lowest BCUT2D eigenvalue weighted by atomic mass is 10.1. The van der Waals surface area contributed by atoms with Crippen molar-refractivity contribution in [3.05, 3.63) is 39.1 Å². The van der Waals surface area contributed by atoms with E-state index in [4.69, 9.17) is 0 Å². The summed E-state index contributed by atoms with van der Waals surface area (Å²) in [5.74, 6) is -0.370. The third-order valence-corrected chi connectivity index (χ3v) is 4.83. The molecule has 0 aliphatic carbocycles. The molecule has 0 unspecified atom stereocenters. The molecule has 0 aliphatic heterocycles. The summed E-state index contributed by atoms with van der Waals surface area (Å²) in [5.41, 5.74) is 0.357. The van der Waals surface area contributed by atoms with Gasteiger partial charge >= 0.3 is 0 Å². The first-order valence-corrected chi connectivity index (χ1v) is 8.25. The molecular formula is C14H15BrFN3OS. The second kappa shape index (κ2) is 7.09. The van der Waals surface area contributed by atoms with E-state index in [1.54, 1.807) is 0 Å². The van der Waals surface area contributed by atoms with Crippen LogP contribution in [-0.2, 0) is 0 Å². The number of nitrogens with one attached hydrogen (secondary N) is 1. The molecule has 21 heavy (non-hydrogen) atoms. The maximum atomic E-state index is 13.0. The summed E-state index contributed by atoms with van der Waals surface area (Å²) < 4.78 is 13.4. The fraction of sp³-hybridized carbons (Fsp3) is 0.357. The van der Waals surface area contributed by atoms with Crippen molar-refractivity contribution in [3.63, 3.8) is 0 Å². The summed E-state index contributed by atoms with van der Waals surface area (Å²) in [4.78, 5) is 12.1. The molecule has 0 radical (unpaired) electrons. The van der Waals surface area contributed by atoms with E-state index in [1.807, 2.05) is 0 Å². The number of halogens is 2. The first-order valence-electron chi connectivity index (χ1n) is 6.64. The smallest absolute Gasteiger partial charge is 0.258 e. The molecule has 4 nitrogen and oxygen atoms in total. The minimum atomic E-state index is -0.398. The second-order valence-corrected chi connectivity index (χ2v) is 6.40. The molecule has 0 atom stereocenters. The summed E-state index contributed by atoms with van der Waals surface area (Å²) in [6, 6.07) is 3.93. The van der Waals surface area contributed by atoms with Crippen molar-refractivity contribution in [2.45, 2.75) is 32.6 Å². The number of nitrogens with zero attached hydrogens (tertiary/aromatic N) is 2. The minimum Gasteiger partial charge on any atom is -0.296 e. The van der Waals surface area contributed by atoms with Crippen LogP contribution < -0.4 is 5.32 Å². The maximum absolute atomic E-state index is 13.0. The largest absolute Gasteiger partial charge is 0.296 e. The van der Waals surface area contributed by atoms with Crippen LogP contribution in [0, 0.1) is 5.82 Å². The Bertz CT molecular complexity index is 643. The van der Waals surface area contributed by atoms with Gasteiger partial charge in [-0.25, -0.2) is 4.39 Å². The number of benzene rings is 1. The highest BCUT2D eigenvalue weighted by atomic mass is 79.9. The van der Waals surface area contributed by atoms with Crippen LogP contribution in [0.1, 0.15) is 48.0 Å². The molecule has 112 valence electrons. The number of rotatable bonds is 5. The normalized spacial score (nSPS) is 10.9. The van der Waals surface area contributed by atoms with Crippen LogP contribution in [0.4, 0.5) is 9.52 Å². The molecule has 7 heteroatoms. The van der Waals surface area contributed by atoms with Crippen LogP contribution in [0.25, 0.3) is 0 Å². The van der Waals surface area contributed by atoms with Crippen LogP contribution in [0.2, 0.25) is 0 Å². The van der Waals surface area contributed by atoms with Crippen LogP contribution in [0.5, 0.6) is 0 Å². The van der Waals surface area contributed by atoms with Gasteiger partial charge in [-0.1, -0.05) is 25.2 Å². The Morgan fingerprint density at radius 1 is 1.38 bits per heavy atom. The lowest BCUT2D eigenvalue weighted by Crippen LogP contribution is -2.12. The summed E-state index contributed by atoms with van der Waals surface area (Å²) in [7, 11) is 0. The van der Waals surface area contributed by atoms with Crippen molar-refractivity contribution in [2.75, 3.05) is 5.32 Å². The zero-order valence-electron chi connectivity index (χ0n) is 11.7. The maximum Gasteiger partial charge on any atom is 0.258 e. The molecule has 1 N–H and O–H groups in total. The Morgan fingerprint density at radius 2 is 2.10 bits per heavy atom. The molecule has 0 saturated carbocycles. The van der Waals surface area contributed by atoms with Crippen molar-refractivity contribution in [1.29, 1.82) is 0 Å². The molecule has 2 rings (SSSR count). The van der Waals surface area contributed by atoms with E-state index in [1.165, 1.54) is 29.5 Å². The summed E-state index contributed by atoms with van der Waals surface area (Å²) in [6.07, 6.45) is 1.98. The molecule has 0 bridgehead atoms. The number of hydrogen-bond acceptors (Lipinski definition) is 4. The predicted molar refractivity (Wildman–Crippen MR) is 85.3 cm³/mol. The van der Waals surface area contributed by atoms with Gasteiger partial charge in [0.2, 0.25) is 5.13 Å². The summed E-state index contributed by atoms with van der Waals surface area (Å²) in [5, 5.41) is 12.2. The van der Waals surface area contributed by atoms with E-state index in [2.05, 4.69) is 45.3 Å². The standard InChI is InChI=1S/C14H15BrFN3OS/c1-3-8(4-2)13-18-19-14(21-13)17-12(20)10-6-5-9(16)7-11(10)15/h5-8H,3-4H2,1-2H3,(H,17,19,20). The Morgan fingerprint density at radius 3 is 2.71 bits per heavy atom. The number of carbonyl (C=O) groups is 1. The Labute approximate surface area is 134 Å². The number of amides is 1. The molecule has 0 spiro atoms. The van der Waals surface area contributed by atoms with Crippen LogP contribution in [-0.4, -0.2) is 16.1 Å². The first-order chi connectivity index (χ1) is 10.0. The van der Waals surface area contributed by atoms with Gasteiger partial charge in [0.25, 0.3) is 5.91 Å². The molecule has 1 aromatic heterocycles. The fourth-order valence-electron chi connectivity index (χ4n) is 1.93. The van der Waals surface area contributed by atoms with Crippen molar-refractivity contribution in [3.8, 4) is 0 Å². The highest BCUT2D eigenvalue weighted by molar-refractivity contribution is 9.10. The molecule has 1 aromatic carbocycles. The van der Waals surface area contributed by atoms with E-state index < -0.39 is 5.82 Å². The summed E-state index contributed by atoms with van der Waals surface area (Å²) in [6.45, 7) is 4.20. The number of aromatic nitrogens is 2. The third kappa shape index (κ3) is 3.85. The van der Waals surface area contributed by atoms with E-state index in [-0.39, 0.29) is 5.91 Å². The zero-order chi connectivity index (χ0) is 15.4. The van der Waals surface area contributed by atoms with Crippen molar-refractivity contribution in [2.24, 2.45) is 0 Å². The monoisotopic (exact) mass is 371 g/mol. The Hall–Kier alpha value is -1.34. The van der Waals surface area contributed by atoms with E-state index in [9.17, 15) is 9.18 Å². The van der Waals surface area contributed by atoms with Crippen LogP contribution in [0.3, 0.4) is 0 Å². The minimum absolute atomic E-state index is 0.339. The molecule has 0 fully saturated rings. The fourth-order valence-corrected chi connectivity index (χ4v) is 3.46. The van der Waals surface area contributed by atoms with Gasteiger partial charge < -0.3 is 0 Å². The van der Waals surface area contributed by atoms with Crippen molar-refractivity contribution in [1.82, 2.24) is 10.2 Å². The molecule has 2 aromatic rings. The molecule has 1 heterocycles. The third-order valence-electron chi connectivity index (χ3n) is 3.17. The van der Waals surface area contributed by atoms with E-state index in [0.29, 0.717) is 21.1 Å². The lowest BCUT2D eigenvalue weighted by molar-refractivity contribution is 0.102. The van der Waals surface area contributed by atoms with Gasteiger partial charge in [-0.15, -0.1) is 10.2 Å². The molecular weight excluding hydrogens is 357 g/mol. The Kier molecular flexibility index (Phi) is 5.41. The van der Waals surface area contributed by atoms with Gasteiger partial charge in [0.05, 0.1) is 5.56 Å². The highest BCUT2D eigenvalue weighted by Gasteiger charge is 2.16. The predicted octanol–water partition coefficient (Wildman–Crippen LogP) is 4.60. The Balaban J connectivity index is 2.13. The quantitative estimate of drug-likeness (QED) is 0.835. The lowest BCUT2D eigenvalue weighted by Gasteiger charge is -2.06. The molecule has 1 amide bonds. The topological polar surface area (TPSA) is 54.9 Å². The van der Waals surface area contributed by atoms with Gasteiger partial charge in [0, 0.05) is 10.4 Å². The average Bonchev–Trinajstić information content (AvgIpc) is 2.88. The second-order valence-electron chi connectivity index (χ2n) is 4.54. The first kappa shape index (κ1) is 16.0. The zero-order valence-corrected chi connectivity index (χ0v) is 14.1. The van der Waals surface area contributed by atoms with Gasteiger partial charge in [0.1, 0.15) is 10.8 Å². The van der Waals surface area contributed by atoms with Crippen molar-refractivity contribution >= 4 is 38.3 Å². The van der Waals surface area contributed by atoms with Crippen molar-refractivity contribution < 1.29 is 9.18 Å². The number of anilines is 1. The molecule has 0 saturated heterocycles. The van der Waals surface area contributed by atoms with Gasteiger partial charge in [-0.3, -0.25) is 10.1 Å². The number of hydrogen-bond donors (Lipinski definition) is 1. The SMILES string of the molecule is CCC(CC)c1nnc(NC(=O)c2ccc(F)cc2Br)s1. The summed E-state index contributed by atoms with van der Waals surface area (Å²) >= 11 is 4.56. The molecule has 0 aliphatic rings. The number of carbonyl (C=O) groups excluding carboxylic acids is 1. The van der Waals surface area contributed by atoms with E-state index >= 15 is 0 Å². The van der Waals surface area contributed by atoms with Gasteiger partial charge in [-0.2, -0.15) is 0 Å².